The van der Waals surface area contributed by atoms with Crippen molar-refractivity contribution < 1.29 is 4.79 Å². The van der Waals surface area contributed by atoms with Crippen LogP contribution >= 0.6 is 0 Å². The van der Waals surface area contributed by atoms with Crippen molar-refractivity contribution in [2.75, 3.05) is 13.1 Å². The molecule has 1 aliphatic heterocycles. The molecule has 0 aliphatic carbocycles. The average molecular weight is 247 g/mol. The van der Waals surface area contributed by atoms with Crippen LogP contribution in [0.25, 0.3) is 0 Å². The van der Waals surface area contributed by atoms with Crippen molar-refractivity contribution in [2.45, 2.75) is 38.1 Å². The SMILES string of the molecule is CC1(C(=O)NCCc2cccnc2)CCCCN1. The summed E-state index contributed by atoms with van der Waals surface area (Å²) in [4.78, 5) is 16.2. The van der Waals surface area contributed by atoms with Gasteiger partial charge < -0.3 is 10.6 Å². The maximum Gasteiger partial charge on any atom is 0.240 e. The zero-order chi connectivity index (χ0) is 12.8. The lowest BCUT2D eigenvalue weighted by Crippen LogP contribution is -2.57. The Morgan fingerprint density at radius 1 is 1.56 bits per heavy atom. The lowest BCUT2D eigenvalue weighted by Gasteiger charge is -2.33. The summed E-state index contributed by atoms with van der Waals surface area (Å²) in [6.07, 6.45) is 7.64. The van der Waals surface area contributed by atoms with Gasteiger partial charge in [0, 0.05) is 18.9 Å². The summed E-state index contributed by atoms with van der Waals surface area (Å²) >= 11 is 0. The molecular formula is C14H21N3O. The van der Waals surface area contributed by atoms with Gasteiger partial charge in [-0.2, -0.15) is 0 Å². The number of nitrogens with one attached hydrogen (secondary N) is 2. The molecule has 1 atom stereocenters. The van der Waals surface area contributed by atoms with Crippen molar-refractivity contribution >= 4 is 5.91 Å². The van der Waals surface area contributed by atoms with E-state index in [4.69, 9.17) is 0 Å². The molecule has 1 fully saturated rings. The smallest absolute Gasteiger partial charge is 0.240 e. The van der Waals surface area contributed by atoms with Gasteiger partial charge >= 0.3 is 0 Å². The van der Waals surface area contributed by atoms with Gasteiger partial charge in [0.2, 0.25) is 5.91 Å². The molecule has 98 valence electrons. The maximum absolute atomic E-state index is 12.1. The molecule has 0 spiro atoms. The predicted molar refractivity (Wildman–Crippen MR) is 71.2 cm³/mol. The van der Waals surface area contributed by atoms with Gasteiger partial charge in [-0.05, 0) is 50.8 Å². The van der Waals surface area contributed by atoms with E-state index in [1.807, 2.05) is 25.3 Å². The summed E-state index contributed by atoms with van der Waals surface area (Å²) in [6, 6.07) is 3.95. The number of rotatable bonds is 4. The monoisotopic (exact) mass is 247 g/mol. The van der Waals surface area contributed by atoms with E-state index in [1.165, 1.54) is 6.42 Å². The Morgan fingerprint density at radius 2 is 2.44 bits per heavy atom. The van der Waals surface area contributed by atoms with Gasteiger partial charge in [-0.25, -0.2) is 0 Å². The average Bonchev–Trinajstić information content (AvgIpc) is 2.41. The fourth-order valence-corrected chi connectivity index (χ4v) is 2.31. The molecule has 2 heterocycles. The Labute approximate surface area is 108 Å². The Morgan fingerprint density at radius 3 is 3.11 bits per heavy atom. The van der Waals surface area contributed by atoms with E-state index >= 15 is 0 Å². The topological polar surface area (TPSA) is 54.0 Å². The second-order valence-electron chi connectivity index (χ2n) is 5.08. The second kappa shape index (κ2) is 5.96. The lowest BCUT2D eigenvalue weighted by atomic mass is 9.90. The molecule has 1 aliphatic rings. The Hall–Kier alpha value is -1.42. The normalized spacial score (nSPS) is 23.6. The minimum absolute atomic E-state index is 0.117. The minimum atomic E-state index is -0.382. The summed E-state index contributed by atoms with van der Waals surface area (Å²) in [5.74, 6) is 0.117. The first kappa shape index (κ1) is 13.0. The first-order valence-electron chi connectivity index (χ1n) is 6.63. The van der Waals surface area contributed by atoms with Crippen molar-refractivity contribution in [1.29, 1.82) is 0 Å². The van der Waals surface area contributed by atoms with Crippen LogP contribution in [0, 0.1) is 0 Å². The van der Waals surface area contributed by atoms with Crippen LogP contribution in [0.15, 0.2) is 24.5 Å². The Balaban J connectivity index is 1.78. The number of hydrogen-bond donors (Lipinski definition) is 2. The fourth-order valence-electron chi connectivity index (χ4n) is 2.31. The van der Waals surface area contributed by atoms with Crippen LogP contribution in [-0.4, -0.2) is 29.5 Å². The molecule has 0 radical (unpaired) electrons. The van der Waals surface area contributed by atoms with E-state index in [-0.39, 0.29) is 11.4 Å². The molecular weight excluding hydrogens is 226 g/mol. The number of piperidine rings is 1. The maximum atomic E-state index is 12.1. The fraction of sp³-hybridized carbons (Fsp3) is 0.571. The third kappa shape index (κ3) is 3.29. The van der Waals surface area contributed by atoms with Crippen LogP contribution in [0.3, 0.4) is 0 Å². The van der Waals surface area contributed by atoms with Gasteiger partial charge in [0.15, 0.2) is 0 Å². The Bertz CT molecular complexity index is 385. The number of aromatic nitrogens is 1. The molecule has 1 aromatic rings. The highest BCUT2D eigenvalue weighted by Gasteiger charge is 2.33. The van der Waals surface area contributed by atoms with Gasteiger partial charge in [0.25, 0.3) is 0 Å². The summed E-state index contributed by atoms with van der Waals surface area (Å²) in [6.45, 7) is 3.60. The van der Waals surface area contributed by atoms with Crippen molar-refractivity contribution in [1.82, 2.24) is 15.6 Å². The first-order chi connectivity index (χ1) is 8.71. The number of pyridine rings is 1. The molecule has 0 saturated carbocycles. The Kier molecular flexibility index (Phi) is 4.31. The first-order valence-corrected chi connectivity index (χ1v) is 6.63. The van der Waals surface area contributed by atoms with Crippen molar-refractivity contribution in [3.63, 3.8) is 0 Å². The van der Waals surface area contributed by atoms with Crippen molar-refractivity contribution in [2.24, 2.45) is 0 Å². The van der Waals surface area contributed by atoms with E-state index in [9.17, 15) is 4.79 Å². The number of hydrogen-bond acceptors (Lipinski definition) is 3. The van der Waals surface area contributed by atoms with Crippen LogP contribution in [0.1, 0.15) is 31.7 Å². The highest BCUT2D eigenvalue weighted by Crippen LogP contribution is 2.18. The molecule has 2 rings (SSSR count). The van der Waals surface area contributed by atoms with Gasteiger partial charge in [0.1, 0.15) is 0 Å². The predicted octanol–water partition coefficient (Wildman–Crippen LogP) is 1.27. The summed E-state index contributed by atoms with van der Waals surface area (Å²) in [5.41, 5.74) is 0.771. The van der Waals surface area contributed by atoms with Crippen LogP contribution in [0.5, 0.6) is 0 Å². The number of carbonyl (C=O) groups is 1. The third-order valence-corrected chi connectivity index (χ3v) is 3.54. The summed E-state index contributed by atoms with van der Waals surface area (Å²) in [7, 11) is 0. The van der Waals surface area contributed by atoms with E-state index in [0.29, 0.717) is 6.54 Å². The number of nitrogens with zero attached hydrogens (tertiary/aromatic N) is 1. The molecule has 1 amide bonds. The van der Waals surface area contributed by atoms with Gasteiger partial charge in [-0.3, -0.25) is 9.78 Å². The zero-order valence-corrected chi connectivity index (χ0v) is 10.9. The molecule has 4 heteroatoms. The van der Waals surface area contributed by atoms with Crippen LogP contribution in [0.2, 0.25) is 0 Å². The highest BCUT2D eigenvalue weighted by molar-refractivity contribution is 5.85. The summed E-state index contributed by atoms with van der Waals surface area (Å²) < 4.78 is 0. The molecule has 18 heavy (non-hydrogen) atoms. The quantitative estimate of drug-likeness (QED) is 0.842. The van der Waals surface area contributed by atoms with E-state index < -0.39 is 0 Å². The number of amides is 1. The molecule has 1 aromatic heterocycles. The van der Waals surface area contributed by atoms with Crippen LogP contribution in [-0.2, 0) is 11.2 Å². The van der Waals surface area contributed by atoms with Gasteiger partial charge in [-0.15, -0.1) is 0 Å². The van der Waals surface area contributed by atoms with E-state index in [0.717, 1.165) is 31.4 Å². The summed E-state index contributed by atoms with van der Waals surface area (Å²) in [5, 5.41) is 6.33. The van der Waals surface area contributed by atoms with Gasteiger partial charge in [-0.1, -0.05) is 6.07 Å². The van der Waals surface area contributed by atoms with E-state index in [1.54, 1.807) is 6.20 Å². The molecule has 2 N–H and O–H groups in total. The highest BCUT2D eigenvalue weighted by atomic mass is 16.2. The number of carbonyl (C=O) groups excluding carboxylic acids is 1. The second-order valence-corrected chi connectivity index (χ2v) is 5.08. The largest absolute Gasteiger partial charge is 0.354 e. The van der Waals surface area contributed by atoms with Crippen LogP contribution in [0.4, 0.5) is 0 Å². The standard InChI is InChI=1S/C14H21N3O/c1-14(7-2-3-9-17-14)13(18)16-10-6-12-5-4-8-15-11-12/h4-5,8,11,17H,2-3,6-7,9-10H2,1H3,(H,16,18). The minimum Gasteiger partial charge on any atom is -0.354 e. The van der Waals surface area contributed by atoms with Crippen molar-refractivity contribution in [3.05, 3.63) is 30.1 Å². The molecule has 1 unspecified atom stereocenters. The van der Waals surface area contributed by atoms with Crippen molar-refractivity contribution in [3.8, 4) is 0 Å². The van der Waals surface area contributed by atoms with E-state index in [2.05, 4.69) is 15.6 Å². The molecule has 0 bridgehead atoms. The van der Waals surface area contributed by atoms with Gasteiger partial charge in [0.05, 0.1) is 5.54 Å². The lowest BCUT2D eigenvalue weighted by molar-refractivity contribution is -0.127. The molecule has 4 nitrogen and oxygen atoms in total. The zero-order valence-electron chi connectivity index (χ0n) is 10.9. The third-order valence-electron chi connectivity index (χ3n) is 3.54. The molecule has 0 aromatic carbocycles. The molecule has 1 saturated heterocycles. The van der Waals surface area contributed by atoms with Crippen LogP contribution < -0.4 is 10.6 Å².